The molecule has 0 radical (unpaired) electrons. The number of carbonyl (C=O) groups is 1. The van der Waals surface area contributed by atoms with E-state index in [0.29, 0.717) is 30.4 Å². The van der Waals surface area contributed by atoms with E-state index in [4.69, 9.17) is 9.47 Å². The van der Waals surface area contributed by atoms with Crippen LogP contribution in [0.1, 0.15) is 54.0 Å². The van der Waals surface area contributed by atoms with E-state index in [1.807, 2.05) is 60.1 Å². The molecule has 7 nitrogen and oxygen atoms in total. The summed E-state index contributed by atoms with van der Waals surface area (Å²) in [4.78, 5) is 12.8. The Kier molecular flexibility index (Phi) is 6.84. The first-order valence-corrected chi connectivity index (χ1v) is 11.1. The molecule has 0 atom stereocenters. The second-order valence-corrected chi connectivity index (χ2v) is 7.56. The summed E-state index contributed by atoms with van der Waals surface area (Å²) in [6, 6.07) is 15.5. The minimum Gasteiger partial charge on any atom is -0.490 e. The number of para-hydroxylation sites is 1. The monoisotopic (exact) mass is 432 g/mol. The van der Waals surface area contributed by atoms with E-state index in [1.165, 1.54) is 0 Å². The van der Waals surface area contributed by atoms with Gasteiger partial charge in [-0.05, 0) is 68.5 Å². The smallest absolute Gasteiger partial charge is 0.292 e. The number of hydrogen-bond donors (Lipinski definition) is 1. The van der Waals surface area contributed by atoms with E-state index in [-0.39, 0.29) is 5.91 Å². The van der Waals surface area contributed by atoms with Gasteiger partial charge in [-0.3, -0.25) is 4.79 Å². The highest BCUT2D eigenvalue weighted by molar-refractivity contribution is 5.95. The van der Waals surface area contributed by atoms with Crippen LogP contribution in [0.2, 0.25) is 0 Å². The number of fused-ring (bicyclic) bond motifs is 1. The fraction of sp³-hybridized carbons (Fsp3) is 0.320. The molecule has 32 heavy (non-hydrogen) atoms. The van der Waals surface area contributed by atoms with E-state index in [1.54, 1.807) is 6.21 Å². The summed E-state index contributed by atoms with van der Waals surface area (Å²) in [5.41, 5.74) is 6.95. The molecule has 1 aliphatic carbocycles. The van der Waals surface area contributed by atoms with Crippen molar-refractivity contribution in [3.63, 3.8) is 0 Å². The Morgan fingerprint density at radius 2 is 1.97 bits per heavy atom. The van der Waals surface area contributed by atoms with E-state index < -0.39 is 0 Å². The number of hydrogen-bond acceptors (Lipinski definition) is 5. The van der Waals surface area contributed by atoms with Crippen LogP contribution in [-0.2, 0) is 12.8 Å². The summed E-state index contributed by atoms with van der Waals surface area (Å²) in [6.07, 6.45) is 5.31. The van der Waals surface area contributed by atoms with Crippen LogP contribution in [0.5, 0.6) is 11.5 Å². The molecule has 1 aromatic heterocycles. The Hall–Kier alpha value is -3.61. The molecule has 2 aromatic carbocycles. The van der Waals surface area contributed by atoms with Crippen LogP contribution in [0, 0.1) is 0 Å². The van der Waals surface area contributed by atoms with E-state index >= 15 is 0 Å². The molecular formula is C25H28N4O3. The molecule has 0 unspecified atom stereocenters. The molecule has 166 valence electrons. The number of carbonyl (C=O) groups excluding carboxylic acids is 1. The summed E-state index contributed by atoms with van der Waals surface area (Å²) in [5, 5.41) is 8.75. The lowest BCUT2D eigenvalue weighted by molar-refractivity contribution is 0.0949. The molecule has 7 heteroatoms. The van der Waals surface area contributed by atoms with Crippen LogP contribution in [-0.4, -0.2) is 35.1 Å². The maximum atomic E-state index is 12.8. The largest absolute Gasteiger partial charge is 0.490 e. The summed E-state index contributed by atoms with van der Waals surface area (Å²) in [6.45, 7) is 5.15. The predicted molar refractivity (Wildman–Crippen MR) is 124 cm³/mol. The number of amides is 1. The highest BCUT2D eigenvalue weighted by Gasteiger charge is 2.26. The molecule has 0 fully saturated rings. The van der Waals surface area contributed by atoms with Gasteiger partial charge >= 0.3 is 0 Å². The fourth-order valence-corrected chi connectivity index (χ4v) is 3.83. The molecule has 0 bridgehead atoms. The lowest BCUT2D eigenvalue weighted by atomic mass is 10.2. The lowest BCUT2D eigenvalue weighted by Crippen LogP contribution is -2.20. The number of nitrogens with one attached hydrogen (secondary N) is 1. The summed E-state index contributed by atoms with van der Waals surface area (Å²) >= 11 is 0. The minimum absolute atomic E-state index is 0.304. The van der Waals surface area contributed by atoms with Crippen molar-refractivity contribution in [1.29, 1.82) is 0 Å². The average Bonchev–Trinajstić information content (AvgIpc) is 3.42. The van der Waals surface area contributed by atoms with E-state index in [0.717, 1.165) is 48.2 Å². The van der Waals surface area contributed by atoms with Gasteiger partial charge in [0.2, 0.25) is 0 Å². The number of nitrogens with zero attached hydrogens (tertiary/aromatic N) is 3. The number of benzene rings is 2. The molecule has 4 rings (SSSR count). The van der Waals surface area contributed by atoms with Crippen molar-refractivity contribution in [1.82, 2.24) is 15.2 Å². The first kappa shape index (κ1) is 21.6. The third-order valence-electron chi connectivity index (χ3n) is 5.26. The average molecular weight is 433 g/mol. The van der Waals surface area contributed by atoms with Gasteiger partial charge in [-0.2, -0.15) is 10.2 Å². The normalized spacial score (nSPS) is 12.7. The molecular weight excluding hydrogens is 404 g/mol. The second-order valence-electron chi connectivity index (χ2n) is 7.56. The number of aromatic nitrogens is 2. The molecule has 1 N–H and O–H groups in total. The van der Waals surface area contributed by atoms with Crippen molar-refractivity contribution < 1.29 is 14.3 Å². The van der Waals surface area contributed by atoms with Gasteiger partial charge in [0.15, 0.2) is 17.2 Å². The Balaban J connectivity index is 1.49. The second kappa shape index (κ2) is 10.1. The van der Waals surface area contributed by atoms with Crippen LogP contribution < -0.4 is 14.9 Å². The summed E-state index contributed by atoms with van der Waals surface area (Å²) in [7, 11) is 0. The highest BCUT2D eigenvalue weighted by Crippen LogP contribution is 2.29. The third kappa shape index (κ3) is 4.66. The van der Waals surface area contributed by atoms with Crippen molar-refractivity contribution in [3.8, 4) is 17.2 Å². The van der Waals surface area contributed by atoms with Crippen molar-refractivity contribution in [3.05, 3.63) is 71.0 Å². The summed E-state index contributed by atoms with van der Waals surface area (Å²) in [5.74, 6) is 1.06. The standard InChI is InChI=1S/C25H28N4O3/c1-3-15-32-22-14-13-18(16-23(22)31-4-2)17-26-27-25(30)24-20-11-8-12-21(20)29(28-24)19-9-6-5-7-10-19/h5-7,9-10,13-14,16-17H,3-4,8,11-12,15H2,1-2H3,(H,27,30)/b26-17+. The number of rotatable bonds is 9. The zero-order valence-electron chi connectivity index (χ0n) is 18.5. The van der Waals surface area contributed by atoms with E-state index in [9.17, 15) is 4.79 Å². The molecule has 0 saturated carbocycles. The van der Waals surface area contributed by atoms with Crippen LogP contribution in [0.15, 0.2) is 53.6 Å². The van der Waals surface area contributed by atoms with Crippen molar-refractivity contribution >= 4 is 12.1 Å². The quantitative estimate of drug-likeness (QED) is 0.404. The van der Waals surface area contributed by atoms with Crippen LogP contribution in [0.4, 0.5) is 0 Å². The van der Waals surface area contributed by atoms with E-state index in [2.05, 4.69) is 22.5 Å². The SMILES string of the molecule is CCCOc1ccc(/C=N/NC(=O)c2nn(-c3ccccc3)c3c2CCC3)cc1OCC. The maximum Gasteiger partial charge on any atom is 0.292 e. The fourth-order valence-electron chi connectivity index (χ4n) is 3.83. The zero-order chi connectivity index (χ0) is 22.3. The van der Waals surface area contributed by atoms with Crippen molar-refractivity contribution in [2.45, 2.75) is 39.5 Å². The van der Waals surface area contributed by atoms with Gasteiger partial charge in [0, 0.05) is 11.3 Å². The first-order chi connectivity index (χ1) is 15.7. The van der Waals surface area contributed by atoms with Crippen LogP contribution in [0.25, 0.3) is 5.69 Å². The van der Waals surface area contributed by atoms with Gasteiger partial charge in [-0.25, -0.2) is 10.1 Å². The zero-order valence-corrected chi connectivity index (χ0v) is 18.5. The van der Waals surface area contributed by atoms with Crippen LogP contribution in [0.3, 0.4) is 0 Å². The molecule has 0 saturated heterocycles. The Morgan fingerprint density at radius 1 is 1.12 bits per heavy atom. The topological polar surface area (TPSA) is 77.7 Å². The molecule has 1 heterocycles. The Labute approximate surface area is 188 Å². The number of ether oxygens (including phenoxy) is 2. The molecule has 3 aromatic rings. The van der Waals surface area contributed by atoms with Gasteiger partial charge in [0.05, 0.1) is 25.1 Å². The van der Waals surface area contributed by atoms with Crippen molar-refractivity contribution in [2.75, 3.05) is 13.2 Å². The Morgan fingerprint density at radius 3 is 2.75 bits per heavy atom. The van der Waals surface area contributed by atoms with Crippen molar-refractivity contribution in [2.24, 2.45) is 5.10 Å². The third-order valence-corrected chi connectivity index (χ3v) is 5.26. The van der Waals surface area contributed by atoms with Gasteiger partial charge < -0.3 is 9.47 Å². The molecule has 1 amide bonds. The molecule has 1 aliphatic rings. The van der Waals surface area contributed by atoms with Gasteiger partial charge in [-0.15, -0.1) is 0 Å². The van der Waals surface area contributed by atoms with Crippen LogP contribution >= 0.6 is 0 Å². The molecule has 0 spiro atoms. The molecule has 0 aliphatic heterocycles. The Bertz CT molecular complexity index is 1110. The maximum absolute atomic E-state index is 12.8. The minimum atomic E-state index is -0.304. The lowest BCUT2D eigenvalue weighted by Gasteiger charge is -2.11. The highest BCUT2D eigenvalue weighted by atomic mass is 16.5. The van der Waals surface area contributed by atoms with Gasteiger partial charge in [-0.1, -0.05) is 25.1 Å². The predicted octanol–water partition coefficient (Wildman–Crippen LogP) is 4.31. The number of hydrazone groups is 1. The summed E-state index contributed by atoms with van der Waals surface area (Å²) < 4.78 is 13.3. The van der Waals surface area contributed by atoms with Gasteiger partial charge in [0.25, 0.3) is 5.91 Å². The first-order valence-electron chi connectivity index (χ1n) is 11.1. The van der Waals surface area contributed by atoms with Gasteiger partial charge in [0.1, 0.15) is 0 Å².